The second-order valence-corrected chi connectivity index (χ2v) is 4.43. The molecule has 0 bridgehead atoms. The lowest BCUT2D eigenvalue weighted by molar-refractivity contribution is -0.117. The topological polar surface area (TPSA) is 49.3 Å². The average molecular weight is 310 g/mol. The fraction of sp³-hybridized carbons (Fsp3) is 0.250. The van der Waals surface area contributed by atoms with Gasteiger partial charge in [-0.1, -0.05) is 29.3 Å². The molecule has 2 N–H and O–H groups in total. The average Bonchev–Trinajstić information content (AvgIpc) is 2.35. The number of hydrogen-bond donors (Lipinski definition) is 2. The maximum atomic E-state index is 12.0. The lowest BCUT2D eigenvalue weighted by Gasteiger charge is -2.09. The Morgan fingerprint density at radius 2 is 1.95 bits per heavy atom. The van der Waals surface area contributed by atoms with Crippen LogP contribution in [0.2, 0.25) is 10.0 Å². The molecule has 0 radical (unpaired) electrons. The van der Waals surface area contributed by atoms with Crippen LogP contribution in [0.3, 0.4) is 0 Å². The van der Waals surface area contributed by atoms with Crippen LogP contribution in [0.1, 0.15) is 5.56 Å². The van der Waals surface area contributed by atoms with Gasteiger partial charge in [-0.2, -0.15) is 0 Å². The molecule has 0 heterocycles. The maximum Gasteiger partial charge on any atom is 0.265 e. The minimum Gasteiger partial charge on any atom is -0.385 e. The molecule has 1 aromatic rings. The molecule has 7 heteroatoms. The Labute approximate surface area is 118 Å². The van der Waals surface area contributed by atoms with Gasteiger partial charge in [0, 0.05) is 28.2 Å². The molecule has 0 fully saturated rings. The van der Waals surface area contributed by atoms with E-state index in [9.17, 15) is 13.6 Å². The number of halogens is 4. The Kier molecular flexibility index (Phi) is 6.21. The first-order valence-corrected chi connectivity index (χ1v) is 6.03. The van der Waals surface area contributed by atoms with E-state index >= 15 is 0 Å². The molecule has 0 aliphatic carbocycles. The van der Waals surface area contributed by atoms with Crippen LogP contribution in [-0.2, 0) is 4.79 Å². The number of rotatable bonds is 5. The minimum atomic E-state index is -2.90. The van der Waals surface area contributed by atoms with Gasteiger partial charge in [-0.3, -0.25) is 4.79 Å². The number of carbonyl (C=O) groups excluding carboxylic acids is 1. The van der Waals surface area contributed by atoms with E-state index in [2.05, 4.69) is 5.32 Å². The molecule has 19 heavy (non-hydrogen) atoms. The van der Waals surface area contributed by atoms with Crippen molar-refractivity contribution in [2.24, 2.45) is 0 Å². The largest absolute Gasteiger partial charge is 0.385 e. The lowest BCUT2D eigenvalue weighted by atomic mass is 10.2. The van der Waals surface area contributed by atoms with Gasteiger partial charge in [-0.15, -0.1) is 0 Å². The van der Waals surface area contributed by atoms with Crippen molar-refractivity contribution >= 4 is 35.2 Å². The summed E-state index contributed by atoms with van der Waals surface area (Å²) in [5.41, 5.74) is 0.454. The van der Waals surface area contributed by atoms with Crippen LogP contribution in [0.5, 0.6) is 0 Å². The van der Waals surface area contributed by atoms with Gasteiger partial charge in [0.15, 0.2) is 0 Å². The monoisotopic (exact) mass is 309 g/mol. The molecule has 104 valence electrons. The SMILES string of the molecule is O=C(/C=C/c1c(Cl)cccc1Cl)NCC(O)C(F)F. The molecular formula is C12H11Cl2F2NO2. The van der Waals surface area contributed by atoms with Crippen LogP contribution >= 0.6 is 23.2 Å². The number of carbonyl (C=O) groups is 1. The van der Waals surface area contributed by atoms with E-state index in [1.54, 1.807) is 18.2 Å². The summed E-state index contributed by atoms with van der Waals surface area (Å²) in [5, 5.41) is 11.7. The summed E-state index contributed by atoms with van der Waals surface area (Å²) in [6.07, 6.45) is -2.32. The van der Waals surface area contributed by atoms with Crippen molar-refractivity contribution in [3.05, 3.63) is 39.9 Å². The van der Waals surface area contributed by atoms with E-state index < -0.39 is 25.0 Å². The highest BCUT2D eigenvalue weighted by molar-refractivity contribution is 6.37. The van der Waals surface area contributed by atoms with Crippen LogP contribution in [0.4, 0.5) is 8.78 Å². The van der Waals surface area contributed by atoms with Gasteiger partial charge in [-0.25, -0.2) is 8.78 Å². The van der Waals surface area contributed by atoms with Crippen LogP contribution in [0, 0.1) is 0 Å². The van der Waals surface area contributed by atoms with Gasteiger partial charge in [0.1, 0.15) is 6.10 Å². The van der Waals surface area contributed by atoms with Crippen LogP contribution in [0.25, 0.3) is 6.08 Å². The first kappa shape index (κ1) is 15.9. The summed E-state index contributed by atoms with van der Waals surface area (Å²) in [6.45, 7) is -0.531. The Balaban J connectivity index is 2.59. The van der Waals surface area contributed by atoms with Gasteiger partial charge in [-0.05, 0) is 18.2 Å². The summed E-state index contributed by atoms with van der Waals surface area (Å²) in [7, 11) is 0. The second-order valence-electron chi connectivity index (χ2n) is 3.62. The number of hydrogen-bond acceptors (Lipinski definition) is 2. The molecule has 0 aliphatic heterocycles. The Bertz CT molecular complexity index is 461. The molecule has 1 amide bonds. The maximum absolute atomic E-state index is 12.0. The number of nitrogens with one attached hydrogen (secondary N) is 1. The molecular weight excluding hydrogens is 299 g/mol. The number of benzene rings is 1. The highest BCUT2D eigenvalue weighted by Crippen LogP contribution is 2.25. The predicted molar refractivity (Wildman–Crippen MR) is 70.5 cm³/mol. The molecule has 0 aliphatic rings. The zero-order chi connectivity index (χ0) is 14.4. The molecule has 0 aromatic heterocycles. The third kappa shape index (κ3) is 5.14. The smallest absolute Gasteiger partial charge is 0.265 e. The van der Waals surface area contributed by atoms with E-state index in [1.165, 1.54) is 6.08 Å². The lowest BCUT2D eigenvalue weighted by Crippen LogP contribution is -2.34. The molecule has 1 rings (SSSR count). The highest BCUT2D eigenvalue weighted by atomic mass is 35.5. The van der Waals surface area contributed by atoms with E-state index in [0.717, 1.165) is 6.08 Å². The summed E-state index contributed by atoms with van der Waals surface area (Å²) in [4.78, 5) is 11.3. The van der Waals surface area contributed by atoms with E-state index in [4.69, 9.17) is 28.3 Å². The highest BCUT2D eigenvalue weighted by Gasteiger charge is 2.16. The Morgan fingerprint density at radius 3 is 2.47 bits per heavy atom. The van der Waals surface area contributed by atoms with Gasteiger partial charge in [0.05, 0.1) is 0 Å². The first-order valence-electron chi connectivity index (χ1n) is 5.28. The van der Waals surface area contributed by atoms with Gasteiger partial charge in [0.2, 0.25) is 5.91 Å². The third-order valence-electron chi connectivity index (χ3n) is 2.18. The fourth-order valence-electron chi connectivity index (χ4n) is 1.18. The minimum absolute atomic E-state index is 0.365. The van der Waals surface area contributed by atoms with Crippen molar-refractivity contribution in [1.82, 2.24) is 5.32 Å². The van der Waals surface area contributed by atoms with Crippen LogP contribution in [-0.4, -0.2) is 30.1 Å². The van der Waals surface area contributed by atoms with Gasteiger partial charge in [0.25, 0.3) is 6.43 Å². The molecule has 0 spiro atoms. The first-order chi connectivity index (χ1) is 8.91. The molecule has 0 saturated heterocycles. The van der Waals surface area contributed by atoms with Gasteiger partial charge >= 0.3 is 0 Å². The summed E-state index contributed by atoms with van der Waals surface area (Å²) < 4.78 is 24.0. The van der Waals surface area contributed by atoms with Crippen molar-refractivity contribution in [3.63, 3.8) is 0 Å². The molecule has 1 unspecified atom stereocenters. The zero-order valence-corrected chi connectivity index (χ0v) is 11.1. The summed E-state index contributed by atoms with van der Waals surface area (Å²) in [6, 6.07) is 4.86. The predicted octanol–water partition coefficient (Wildman–Crippen LogP) is 2.75. The standard InChI is InChI=1S/C12H11Cl2F2NO2/c13-8-2-1-3-9(14)7(8)4-5-11(19)17-6-10(18)12(15)16/h1-5,10,12,18H,6H2,(H,17,19)/b5-4+. The number of alkyl halides is 2. The van der Waals surface area contributed by atoms with E-state index in [0.29, 0.717) is 15.6 Å². The summed E-state index contributed by atoms with van der Waals surface area (Å²) >= 11 is 11.8. The van der Waals surface area contributed by atoms with Crippen molar-refractivity contribution in [3.8, 4) is 0 Å². The number of amides is 1. The van der Waals surface area contributed by atoms with Crippen LogP contribution < -0.4 is 5.32 Å². The zero-order valence-electron chi connectivity index (χ0n) is 9.62. The number of aliphatic hydroxyl groups is 1. The van der Waals surface area contributed by atoms with Crippen LogP contribution in [0.15, 0.2) is 24.3 Å². The third-order valence-corrected chi connectivity index (χ3v) is 2.84. The van der Waals surface area contributed by atoms with E-state index in [-0.39, 0.29) is 0 Å². The Morgan fingerprint density at radius 1 is 1.37 bits per heavy atom. The second kappa shape index (κ2) is 7.43. The Hall–Kier alpha value is -1.17. The molecule has 0 saturated carbocycles. The molecule has 3 nitrogen and oxygen atoms in total. The number of aliphatic hydroxyl groups excluding tert-OH is 1. The van der Waals surface area contributed by atoms with Crippen molar-refractivity contribution in [1.29, 1.82) is 0 Å². The fourth-order valence-corrected chi connectivity index (χ4v) is 1.71. The van der Waals surface area contributed by atoms with Gasteiger partial charge < -0.3 is 10.4 Å². The quantitative estimate of drug-likeness (QED) is 0.822. The van der Waals surface area contributed by atoms with Crippen molar-refractivity contribution in [2.45, 2.75) is 12.5 Å². The molecule has 1 atom stereocenters. The molecule has 1 aromatic carbocycles. The summed E-state index contributed by atoms with van der Waals surface area (Å²) in [5.74, 6) is -0.629. The normalized spacial score (nSPS) is 12.9. The van der Waals surface area contributed by atoms with Crippen molar-refractivity contribution in [2.75, 3.05) is 6.54 Å². The van der Waals surface area contributed by atoms with E-state index in [1.807, 2.05) is 0 Å². The van der Waals surface area contributed by atoms with Crippen molar-refractivity contribution < 1.29 is 18.7 Å².